The molecule has 6 nitrogen and oxygen atoms in total. The summed E-state index contributed by atoms with van der Waals surface area (Å²) in [6.45, 7) is 3.22. The Labute approximate surface area is 106 Å². The number of hydrogen-bond donors (Lipinski definition) is 2. The van der Waals surface area contributed by atoms with Crippen LogP contribution in [-0.4, -0.2) is 59.8 Å². The summed E-state index contributed by atoms with van der Waals surface area (Å²) in [7, 11) is 0. The Bertz CT molecular complexity index is 347. The lowest BCUT2D eigenvalue weighted by Crippen LogP contribution is -2.49. The maximum atomic E-state index is 11.7. The lowest BCUT2D eigenvalue weighted by atomic mass is 9.97. The summed E-state index contributed by atoms with van der Waals surface area (Å²) in [5.74, 6) is -0.195. The van der Waals surface area contributed by atoms with Crippen molar-refractivity contribution >= 4 is 11.8 Å². The second-order valence-corrected chi connectivity index (χ2v) is 5.06. The van der Waals surface area contributed by atoms with Gasteiger partial charge in [-0.25, -0.2) is 0 Å². The summed E-state index contributed by atoms with van der Waals surface area (Å²) >= 11 is 0. The summed E-state index contributed by atoms with van der Waals surface area (Å²) in [6.07, 6.45) is 1.60. The van der Waals surface area contributed by atoms with Gasteiger partial charge >= 0.3 is 0 Å². The second kappa shape index (κ2) is 5.24. The highest BCUT2D eigenvalue weighted by molar-refractivity contribution is 5.85. The van der Waals surface area contributed by atoms with Crippen LogP contribution < -0.4 is 5.32 Å². The maximum Gasteiger partial charge on any atom is 0.239 e. The van der Waals surface area contributed by atoms with E-state index >= 15 is 0 Å². The third-order valence-electron chi connectivity index (χ3n) is 3.76. The fourth-order valence-corrected chi connectivity index (χ4v) is 2.36. The number of amides is 2. The lowest BCUT2D eigenvalue weighted by molar-refractivity contribution is -0.133. The Morgan fingerprint density at radius 1 is 1.67 bits per heavy atom. The van der Waals surface area contributed by atoms with Gasteiger partial charge in [0.15, 0.2) is 0 Å². The minimum atomic E-state index is -0.981. The smallest absolute Gasteiger partial charge is 0.239 e. The molecule has 2 aliphatic heterocycles. The number of aliphatic hydroxyl groups is 1. The zero-order chi connectivity index (χ0) is 13.2. The van der Waals surface area contributed by atoms with Crippen LogP contribution in [0.25, 0.3) is 0 Å². The zero-order valence-electron chi connectivity index (χ0n) is 10.6. The number of nitrogens with one attached hydrogen (secondary N) is 1. The molecule has 0 bridgehead atoms. The average Bonchev–Trinajstić information content (AvgIpc) is 2.86. The summed E-state index contributed by atoms with van der Waals surface area (Å²) in [4.78, 5) is 24.6. The van der Waals surface area contributed by atoms with Crippen LogP contribution in [0.3, 0.4) is 0 Å². The van der Waals surface area contributed by atoms with Crippen LogP contribution in [0, 0.1) is 0 Å². The molecule has 0 radical (unpaired) electrons. The van der Waals surface area contributed by atoms with Crippen LogP contribution in [0.15, 0.2) is 0 Å². The molecule has 18 heavy (non-hydrogen) atoms. The largest absolute Gasteiger partial charge is 0.385 e. The van der Waals surface area contributed by atoms with Crippen molar-refractivity contribution in [1.29, 1.82) is 0 Å². The van der Waals surface area contributed by atoms with Crippen molar-refractivity contribution in [2.45, 2.75) is 37.9 Å². The number of rotatable bonds is 4. The zero-order valence-corrected chi connectivity index (χ0v) is 10.6. The van der Waals surface area contributed by atoms with E-state index in [1.54, 1.807) is 11.8 Å². The first-order valence-corrected chi connectivity index (χ1v) is 6.40. The van der Waals surface area contributed by atoms with Gasteiger partial charge in [0.2, 0.25) is 11.8 Å². The van der Waals surface area contributed by atoms with Gasteiger partial charge in [-0.15, -0.1) is 0 Å². The van der Waals surface area contributed by atoms with E-state index in [0.717, 1.165) is 6.42 Å². The van der Waals surface area contributed by atoms with E-state index in [-0.39, 0.29) is 31.0 Å². The van der Waals surface area contributed by atoms with Gasteiger partial charge in [-0.2, -0.15) is 0 Å². The standard InChI is InChI=1S/C12H20N2O4/c1-9-12(17,4-6-18-9)8-13-10(15)7-14-5-2-3-11(14)16/h9,17H,2-8H2,1H3,(H,13,15). The van der Waals surface area contributed by atoms with E-state index in [0.29, 0.717) is 26.0 Å². The highest BCUT2D eigenvalue weighted by atomic mass is 16.5. The van der Waals surface area contributed by atoms with Gasteiger partial charge in [0.05, 0.1) is 12.6 Å². The van der Waals surface area contributed by atoms with Gasteiger partial charge in [0.1, 0.15) is 5.60 Å². The van der Waals surface area contributed by atoms with E-state index in [2.05, 4.69) is 5.32 Å². The van der Waals surface area contributed by atoms with Crippen LogP contribution in [0.2, 0.25) is 0 Å². The summed E-state index contributed by atoms with van der Waals surface area (Å²) in [5.41, 5.74) is -0.981. The molecule has 102 valence electrons. The molecular formula is C12H20N2O4. The fraction of sp³-hybridized carbons (Fsp3) is 0.833. The van der Waals surface area contributed by atoms with Crippen LogP contribution >= 0.6 is 0 Å². The Kier molecular flexibility index (Phi) is 3.87. The van der Waals surface area contributed by atoms with Crippen LogP contribution in [0.5, 0.6) is 0 Å². The molecule has 2 amide bonds. The first kappa shape index (κ1) is 13.3. The van der Waals surface area contributed by atoms with E-state index in [1.165, 1.54) is 0 Å². The van der Waals surface area contributed by atoms with Crippen molar-refractivity contribution in [3.05, 3.63) is 0 Å². The Balaban J connectivity index is 1.76. The van der Waals surface area contributed by atoms with Gasteiger partial charge in [-0.3, -0.25) is 9.59 Å². The fourth-order valence-electron chi connectivity index (χ4n) is 2.36. The molecule has 2 atom stereocenters. The van der Waals surface area contributed by atoms with Gasteiger partial charge in [-0.05, 0) is 13.3 Å². The average molecular weight is 256 g/mol. The molecule has 2 rings (SSSR count). The molecule has 0 spiro atoms. The molecule has 2 aliphatic rings. The minimum Gasteiger partial charge on any atom is -0.385 e. The van der Waals surface area contributed by atoms with Crippen molar-refractivity contribution in [1.82, 2.24) is 10.2 Å². The molecule has 0 aliphatic carbocycles. The highest BCUT2D eigenvalue weighted by Gasteiger charge is 2.39. The number of carbonyl (C=O) groups is 2. The van der Waals surface area contributed by atoms with Crippen LogP contribution in [0.1, 0.15) is 26.2 Å². The number of nitrogens with zero attached hydrogens (tertiary/aromatic N) is 1. The number of carbonyl (C=O) groups excluding carboxylic acids is 2. The normalized spacial score (nSPS) is 32.0. The van der Waals surface area contributed by atoms with Gasteiger partial charge in [-0.1, -0.05) is 0 Å². The quantitative estimate of drug-likeness (QED) is 0.695. The van der Waals surface area contributed by atoms with Crippen molar-refractivity contribution in [3.8, 4) is 0 Å². The van der Waals surface area contributed by atoms with Crippen molar-refractivity contribution in [3.63, 3.8) is 0 Å². The highest BCUT2D eigenvalue weighted by Crippen LogP contribution is 2.24. The van der Waals surface area contributed by atoms with Crippen molar-refractivity contribution < 1.29 is 19.4 Å². The van der Waals surface area contributed by atoms with Gasteiger partial charge < -0.3 is 20.1 Å². The summed E-state index contributed by atoms with van der Waals surface area (Å²) in [6, 6.07) is 0. The molecular weight excluding hydrogens is 236 g/mol. The molecule has 0 saturated carbocycles. The van der Waals surface area contributed by atoms with Crippen molar-refractivity contribution in [2.75, 3.05) is 26.2 Å². The third kappa shape index (κ3) is 2.81. The lowest BCUT2D eigenvalue weighted by Gasteiger charge is -2.26. The SMILES string of the molecule is CC1OCCC1(O)CNC(=O)CN1CCCC1=O. The Morgan fingerprint density at radius 2 is 2.44 bits per heavy atom. The molecule has 2 unspecified atom stereocenters. The monoisotopic (exact) mass is 256 g/mol. The van der Waals surface area contributed by atoms with E-state index in [4.69, 9.17) is 4.74 Å². The number of likely N-dealkylation sites (tertiary alicyclic amines) is 1. The topological polar surface area (TPSA) is 78.9 Å². The summed E-state index contributed by atoms with van der Waals surface area (Å²) < 4.78 is 5.29. The molecule has 2 N–H and O–H groups in total. The maximum absolute atomic E-state index is 11.7. The molecule has 2 saturated heterocycles. The predicted octanol–water partition coefficient (Wildman–Crippen LogP) is -0.735. The first-order chi connectivity index (χ1) is 8.51. The third-order valence-corrected chi connectivity index (χ3v) is 3.76. The number of hydrogen-bond acceptors (Lipinski definition) is 4. The molecule has 0 aromatic carbocycles. The molecule has 6 heteroatoms. The van der Waals surface area contributed by atoms with E-state index < -0.39 is 5.60 Å². The second-order valence-electron chi connectivity index (χ2n) is 5.06. The molecule has 2 fully saturated rings. The first-order valence-electron chi connectivity index (χ1n) is 6.40. The van der Waals surface area contributed by atoms with E-state index in [1.807, 2.05) is 0 Å². The molecule has 2 heterocycles. The van der Waals surface area contributed by atoms with Crippen LogP contribution in [-0.2, 0) is 14.3 Å². The summed E-state index contributed by atoms with van der Waals surface area (Å²) in [5, 5.41) is 12.9. The molecule has 0 aromatic heterocycles. The Hall–Kier alpha value is -1.14. The van der Waals surface area contributed by atoms with Gasteiger partial charge in [0, 0.05) is 32.5 Å². The molecule has 0 aromatic rings. The van der Waals surface area contributed by atoms with E-state index in [9.17, 15) is 14.7 Å². The van der Waals surface area contributed by atoms with Gasteiger partial charge in [0.25, 0.3) is 0 Å². The Morgan fingerprint density at radius 3 is 3.00 bits per heavy atom. The van der Waals surface area contributed by atoms with Crippen molar-refractivity contribution in [2.24, 2.45) is 0 Å². The minimum absolute atomic E-state index is 0.0291. The van der Waals surface area contributed by atoms with Crippen LogP contribution in [0.4, 0.5) is 0 Å². The number of ether oxygens (including phenoxy) is 1. The predicted molar refractivity (Wildman–Crippen MR) is 63.8 cm³/mol.